The van der Waals surface area contributed by atoms with Gasteiger partial charge in [0.2, 0.25) is 11.8 Å². The van der Waals surface area contributed by atoms with Gasteiger partial charge in [0, 0.05) is 31.5 Å². The lowest BCUT2D eigenvalue weighted by atomic mass is 9.69. The Morgan fingerprint density at radius 3 is 2.60 bits per heavy atom. The average Bonchev–Trinajstić information content (AvgIpc) is 3.17. The number of nitriles is 1. The Balaban J connectivity index is 1.70. The van der Waals surface area contributed by atoms with Gasteiger partial charge in [0.15, 0.2) is 0 Å². The topological polar surface area (TPSA) is 66.0 Å². The van der Waals surface area contributed by atoms with E-state index < -0.39 is 0 Å². The molecule has 0 amide bonds. The van der Waals surface area contributed by atoms with E-state index in [1.165, 1.54) is 11.1 Å². The van der Waals surface area contributed by atoms with E-state index >= 15 is 0 Å². The first-order valence-electron chi connectivity index (χ1n) is 11.0. The van der Waals surface area contributed by atoms with Crippen LogP contribution < -0.4 is 0 Å². The number of allylic oxidation sites excluding steroid dienone is 1. The van der Waals surface area contributed by atoms with Crippen LogP contribution in [-0.2, 0) is 6.42 Å². The average molecular weight is 407 g/mol. The predicted molar refractivity (Wildman–Crippen MR) is 120 cm³/mol. The van der Waals surface area contributed by atoms with Crippen LogP contribution in [0.2, 0.25) is 0 Å². The summed E-state index contributed by atoms with van der Waals surface area (Å²) < 4.78 is 6.00. The third-order valence-electron chi connectivity index (χ3n) is 6.40. The summed E-state index contributed by atoms with van der Waals surface area (Å²) in [5.41, 5.74) is 3.60. The summed E-state index contributed by atoms with van der Waals surface area (Å²) in [7, 11) is 2.12. The lowest BCUT2D eigenvalue weighted by Crippen LogP contribution is -2.36. The van der Waals surface area contributed by atoms with E-state index in [0.29, 0.717) is 36.0 Å². The molecular weight excluding hydrogens is 372 g/mol. The summed E-state index contributed by atoms with van der Waals surface area (Å²) in [5, 5.41) is 17.5. The van der Waals surface area contributed by atoms with Crippen molar-refractivity contribution in [3.8, 4) is 17.5 Å². The van der Waals surface area contributed by atoms with Crippen LogP contribution in [0, 0.1) is 41.9 Å². The largest absolute Gasteiger partial charge is 0.421 e. The van der Waals surface area contributed by atoms with Crippen LogP contribution in [0.4, 0.5) is 0 Å². The molecule has 1 aliphatic rings. The van der Waals surface area contributed by atoms with E-state index in [4.69, 9.17) is 9.68 Å². The summed E-state index contributed by atoms with van der Waals surface area (Å²) in [4.78, 5) is 2.29. The highest BCUT2D eigenvalue weighted by Crippen LogP contribution is 2.39. The molecular formula is C25H34N4O. The molecule has 0 N–H and O–H groups in total. The van der Waals surface area contributed by atoms with Crippen molar-refractivity contribution in [2.24, 2.45) is 23.7 Å². The Hall–Kier alpha value is -2.45. The first kappa shape index (κ1) is 22.2. The fraction of sp³-hybridized carbons (Fsp3) is 0.560. The van der Waals surface area contributed by atoms with Gasteiger partial charge in [-0.1, -0.05) is 43.2 Å². The SMILES string of the molecule is CC1=C[C@@H](CN(C)CCC#N)[C@H](C(C)C)C[C@H]1Cc1nnc(-c2ccc(C)cc2)o1. The molecule has 0 unspecified atom stereocenters. The van der Waals surface area contributed by atoms with Crippen molar-refractivity contribution in [2.75, 3.05) is 20.1 Å². The minimum absolute atomic E-state index is 0.435. The van der Waals surface area contributed by atoms with Crippen LogP contribution in [0.1, 0.15) is 45.1 Å². The minimum atomic E-state index is 0.435. The molecule has 0 radical (unpaired) electrons. The number of aryl methyl sites for hydroxylation is 1. The molecule has 160 valence electrons. The summed E-state index contributed by atoms with van der Waals surface area (Å²) >= 11 is 0. The molecule has 3 atom stereocenters. The van der Waals surface area contributed by atoms with Crippen molar-refractivity contribution < 1.29 is 4.42 Å². The highest BCUT2D eigenvalue weighted by atomic mass is 16.4. The van der Waals surface area contributed by atoms with E-state index in [9.17, 15) is 0 Å². The maximum absolute atomic E-state index is 8.86. The highest BCUT2D eigenvalue weighted by Gasteiger charge is 2.33. The number of rotatable bonds is 8. The maximum atomic E-state index is 8.86. The van der Waals surface area contributed by atoms with Crippen molar-refractivity contribution in [1.82, 2.24) is 15.1 Å². The molecule has 0 spiro atoms. The summed E-state index contributed by atoms with van der Waals surface area (Å²) in [6.07, 6.45) is 4.97. The third-order valence-corrected chi connectivity index (χ3v) is 6.40. The molecule has 3 rings (SSSR count). The standard InChI is InChI=1S/C25H34N4O/c1-17(2)23-14-21(19(4)13-22(23)16-29(5)12-6-11-26)15-24-27-28-25(30-24)20-9-7-18(3)8-10-20/h7-10,13,17,21-23H,6,12,14-16H2,1-5H3/t21-,22-,23-/m0/s1. The van der Waals surface area contributed by atoms with E-state index in [1.54, 1.807) is 0 Å². The molecule has 0 saturated carbocycles. The van der Waals surface area contributed by atoms with Crippen LogP contribution in [0.3, 0.4) is 0 Å². The van der Waals surface area contributed by atoms with Crippen molar-refractivity contribution in [2.45, 2.75) is 47.0 Å². The van der Waals surface area contributed by atoms with Gasteiger partial charge in [-0.25, -0.2) is 0 Å². The normalized spacial score (nSPS) is 21.7. The Morgan fingerprint density at radius 1 is 1.20 bits per heavy atom. The van der Waals surface area contributed by atoms with Crippen LogP contribution >= 0.6 is 0 Å². The monoisotopic (exact) mass is 406 g/mol. The predicted octanol–water partition coefficient (Wildman–Crippen LogP) is 5.29. The zero-order valence-corrected chi connectivity index (χ0v) is 18.9. The van der Waals surface area contributed by atoms with E-state index in [1.807, 2.05) is 12.1 Å². The van der Waals surface area contributed by atoms with Crippen LogP contribution in [-0.4, -0.2) is 35.2 Å². The van der Waals surface area contributed by atoms with Gasteiger partial charge in [0.05, 0.1) is 6.07 Å². The molecule has 1 aromatic carbocycles. The van der Waals surface area contributed by atoms with E-state index in [-0.39, 0.29) is 0 Å². The smallest absolute Gasteiger partial charge is 0.247 e. The van der Waals surface area contributed by atoms with Crippen LogP contribution in [0.5, 0.6) is 0 Å². The highest BCUT2D eigenvalue weighted by molar-refractivity contribution is 5.52. The molecule has 1 aliphatic carbocycles. The van der Waals surface area contributed by atoms with Crippen molar-refractivity contribution in [3.63, 3.8) is 0 Å². The van der Waals surface area contributed by atoms with Crippen molar-refractivity contribution in [3.05, 3.63) is 47.4 Å². The zero-order valence-electron chi connectivity index (χ0n) is 18.9. The molecule has 5 nitrogen and oxygen atoms in total. The van der Waals surface area contributed by atoms with E-state index in [2.05, 4.69) is 74.1 Å². The van der Waals surface area contributed by atoms with Gasteiger partial charge in [0.1, 0.15) is 0 Å². The molecule has 0 bridgehead atoms. The summed E-state index contributed by atoms with van der Waals surface area (Å²) in [5.74, 6) is 3.50. The molecule has 0 aliphatic heterocycles. The van der Waals surface area contributed by atoms with Crippen LogP contribution in [0.15, 0.2) is 40.3 Å². The summed E-state index contributed by atoms with van der Waals surface area (Å²) in [6, 6.07) is 10.4. The van der Waals surface area contributed by atoms with Gasteiger partial charge in [-0.2, -0.15) is 5.26 Å². The minimum Gasteiger partial charge on any atom is -0.421 e. The third kappa shape index (κ3) is 5.58. The van der Waals surface area contributed by atoms with Crippen LogP contribution in [0.25, 0.3) is 11.5 Å². The Morgan fingerprint density at radius 2 is 1.93 bits per heavy atom. The number of aromatic nitrogens is 2. The Bertz CT molecular complexity index is 891. The number of nitrogens with zero attached hydrogens (tertiary/aromatic N) is 4. The number of hydrogen-bond acceptors (Lipinski definition) is 5. The Kier molecular flexibility index (Phi) is 7.44. The lowest BCUT2D eigenvalue weighted by Gasteiger charge is -2.38. The van der Waals surface area contributed by atoms with Gasteiger partial charge in [-0.3, -0.25) is 0 Å². The second kappa shape index (κ2) is 10.0. The molecule has 0 fully saturated rings. The quantitative estimate of drug-likeness (QED) is 0.557. The number of hydrogen-bond donors (Lipinski definition) is 0. The molecule has 1 heterocycles. The fourth-order valence-corrected chi connectivity index (χ4v) is 4.54. The van der Waals surface area contributed by atoms with Crippen molar-refractivity contribution >= 4 is 0 Å². The maximum Gasteiger partial charge on any atom is 0.247 e. The number of benzene rings is 1. The molecule has 1 aromatic heterocycles. The van der Waals surface area contributed by atoms with Gasteiger partial charge in [-0.15, -0.1) is 10.2 Å². The second-order valence-corrected chi connectivity index (χ2v) is 9.16. The van der Waals surface area contributed by atoms with Gasteiger partial charge in [0.25, 0.3) is 0 Å². The fourth-order valence-electron chi connectivity index (χ4n) is 4.54. The molecule has 30 heavy (non-hydrogen) atoms. The first-order valence-corrected chi connectivity index (χ1v) is 11.0. The molecule has 0 saturated heterocycles. The van der Waals surface area contributed by atoms with E-state index in [0.717, 1.165) is 37.4 Å². The first-order chi connectivity index (χ1) is 14.4. The summed E-state index contributed by atoms with van der Waals surface area (Å²) in [6.45, 7) is 10.8. The molecule has 2 aromatic rings. The van der Waals surface area contributed by atoms with Crippen molar-refractivity contribution in [1.29, 1.82) is 5.26 Å². The van der Waals surface area contributed by atoms with Gasteiger partial charge < -0.3 is 9.32 Å². The lowest BCUT2D eigenvalue weighted by molar-refractivity contribution is 0.177. The van der Waals surface area contributed by atoms with Gasteiger partial charge >= 0.3 is 0 Å². The zero-order chi connectivity index (χ0) is 21.7. The Labute approximate surface area is 180 Å². The second-order valence-electron chi connectivity index (χ2n) is 9.16. The molecule has 5 heteroatoms. The van der Waals surface area contributed by atoms with Gasteiger partial charge in [-0.05, 0) is 63.1 Å².